The van der Waals surface area contributed by atoms with Crippen molar-refractivity contribution >= 4 is 10.9 Å². The van der Waals surface area contributed by atoms with Crippen LogP contribution < -0.4 is 0 Å². The molecule has 0 bridgehead atoms. The number of para-hydroxylation sites is 1. The van der Waals surface area contributed by atoms with Gasteiger partial charge in [-0.3, -0.25) is 4.90 Å². The first-order chi connectivity index (χ1) is 8.34. The number of benzene rings is 1. The van der Waals surface area contributed by atoms with Gasteiger partial charge in [-0.15, -0.1) is 0 Å². The second-order valence-corrected chi connectivity index (χ2v) is 5.09. The van der Waals surface area contributed by atoms with Gasteiger partial charge in [-0.2, -0.15) is 0 Å². The predicted octanol–water partition coefficient (Wildman–Crippen LogP) is 3.16. The predicted molar refractivity (Wildman–Crippen MR) is 72.0 cm³/mol. The molecule has 0 N–H and O–H groups in total. The maximum absolute atomic E-state index is 2.58. The highest BCUT2D eigenvalue weighted by Crippen LogP contribution is 2.20. The van der Waals surface area contributed by atoms with Crippen LogP contribution >= 0.6 is 0 Å². The fourth-order valence-electron chi connectivity index (χ4n) is 2.84. The number of aromatic nitrogens is 1. The van der Waals surface area contributed by atoms with Crippen molar-refractivity contribution in [3.8, 4) is 0 Å². The third-order valence-electron chi connectivity index (χ3n) is 3.89. The smallest absolute Gasteiger partial charge is 0.0480 e. The standard InChI is InChI=1S/C15H20N2/c1-16-14(12-17-9-5-2-6-10-17)11-13-7-3-4-8-15(13)16/h3-4,7-8,11H,2,5-6,9-10,12H2,1H3. The van der Waals surface area contributed by atoms with Crippen LogP contribution in [0.15, 0.2) is 30.3 Å². The lowest BCUT2D eigenvalue weighted by molar-refractivity contribution is 0.217. The van der Waals surface area contributed by atoms with E-state index >= 15 is 0 Å². The first-order valence-corrected chi connectivity index (χ1v) is 6.60. The van der Waals surface area contributed by atoms with E-state index in [1.807, 2.05) is 0 Å². The summed E-state index contributed by atoms with van der Waals surface area (Å²) >= 11 is 0. The summed E-state index contributed by atoms with van der Waals surface area (Å²) in [6, 6.07) is 11.0. The van der Waals surface area contributed by atoms with Gasteiger partial charge in [-0.25, -0.2) is 0 Å². The Morgan fingerprint density at radius 3 is 2.59 bits per heavy atom. The van der Waals surface area contributed by atoms with E-state index in [4.69, 9.17) is 0 Å². The molecule has 0 saturated carbocycles. The molecule has 0 spiro atoms. The van der Waals surface area contributed by atoms with E-state index in [0.29, 0.717) is 0 Å². The maximum atomic E-state index is 2.58. The molecule has 1 aliphatic rings. The fourth-order valence-corrected chi connectivity index (χ4v) is 2.84. The summed E-state index contributed by atoms with van der Waals surface area (Å²) in [7, 11) is 2.18. The van der Waals surface area contributed by atoms with E-state index in [1.54, 1.807) is 0 Å². The summed E-state index contributed by atoms with van der Waals surface area (Å²) in [5.74, 6) is 0. The highest BCUT2D eigenvalue weighted by atomic mass is 15.1. The molecule has 1 fully saturated rings. The van der Waals surface area contributed by atoms with Gasteiger partial charge in [0.15, 0.2) is 0 Å². The second kappa shape index (κ2) is 4.53. The summed E-state index contributed by atoms with van der Waals surface area (Å²) in [5, 5.41) is 1.36. The van der Waals surface area contributed by atoms with Crippen LogP contribution in [-0.4, -0.2) is 22.6 Å². The van der Waals surface area contributed by atoms with Crippen molar-refractivity contribution in [1.29, 1.82) is 0 Å². The van der Waals surface area contributed by atoms with E-state index in [0.717, 1.165) is 6.54 Å². The minimum absolute atomic E-state index is 1.10. The molecule has 1 aliphatic heterocycles. The minimum atomic E-state index is 1.10. The van der Waals surface area contributed by atoms with E-state index < -0.39 is 0 Å². The van der Waals surface area contributed by atoms with Crippen LogP contribution in [0, 0.1) is 0 Å². The Morgan fingerprint density at radius 2 is 1.82 bits per heavy atom. The molecule has 2 heterocycles. The quantitative estimate of drug-likeness (QED) is 0.766. The Bertz CT molecular complexity index is 507. The Morgan fingerprint density at radius 1 is 1.06 bits per heavy atom. The van der Waals surface area contributed by atoms with Gasteiger partial charge in [-0.05, 0) is 43.5 Å². The summed E-state index contributed by atoms with van der Waals surface area (Å²) in [5.41, 5.74) is 2.78. The number of rotatable bonds is 2. The molecule has 0 radical (unpaired) electrons. The van der Waals surface area contributed by atoms with E-state index in [1.165, 1.54) is 48.9 Å². The zero-order valence-electron chi connectivity index (χ0n) is 10.5. The average Bonchev–Trinajstić information content (AvgIpc) is 2.68. The molecule has 1 aromatic heterocycles. The lowest BCUT2D eigenvalue weighted by Crippen LogP contribution is -2.29. The molecule has 2 heteroatoms. The number of nitrogens with zero attached hydrogens (tertiary/aromatic N) is 2. The zero-order valence-corrected chi connectivity index (χ0v) is 10.5. The lowest BCUT2D eigenvalue weighted by Gasteiger charge is -2.26. The molecule has 0 unspecified atom stereocenters. The minimum Gasteiger partial charge on any atom is -0.346 e. The lowest BCUT2D eigenvalue weighted by atomic mass is 10.1. The Labute approximate surface area is 103 Å². The van der Waals surface area contributed by atoms with Gasteiger partial charge < -0.3 is 4.57 Å². The van der Waals surface area contributed by atoms with Crippen LogP contribution in [0.1, 0.15) is 25.0 Å². The molecule has 3 rings (SSSR count). The van der Waals surface area contributed by atoms with Crippen LogP contribution in [0.4, 0.5) is 0 Å². The Kier molecular flexibility index (Phi) is 2.89. The number of piperidine rings is 1. The average molecular weight is 228 g/mol. The first-order valence-electron chi connectivity index (χ1n) is 6.60. The molecule has 2 aromatic rings. The maximum Gasteiger partial charge on any atom is 0.0480 e. The molecule has 2 nitrogen and oxygen atoms in total. The van der Waals surface area contributed by atoms with Crippen molar-refractivity contribution in [2.75, 3.05) is 13.1 Å². The van der Waals surface area contributed by atoms with Crippen molar-refractivity contribution in [3.05, 3.63) is 36.0 Å². The first kappa shape index (κ1) is 10.8. The fraction of sp³-hybridized carbons (Fsp3) is 0.467. The summed E-state index contributed by atoms with van der Waals surface area (Å²) in [4.78, 5) is 2.58. The molecule has 0 amide bonds. The third-order valence-corrected chi connectivity index (χ3v) is 3.89. The zero-order chi connectivity index (χ0) is 11.7. The largest absolute Gasteiger partial charge is 0.346 e. The number of aryl methyl sites for hydroxylation is 1. The Hall–Kier alpha value is -1.28. The van der Waals surface area contributed by atoms with Gasteiger partial charge in [0, 0.05) is 24.8 Å². The number of hydrogen-bond donors (Lipinski definition) is 0. The molecule has 90 valence electrons. The van der Waals surface area contributed by atoms with E-state index in [9.17, 15) is 0 Å². The van der Waals surface area contributed by atoms with Gasteiger partial charge in [-0.1, -0.05) is 24.6 Å². The van der Waals surface area contributed by atoms with Crippen molar-refractivity contribution < 1.29 is 0 Å². The Balaban J connectivity index is 1.87. The molecule has 17 heavy (non-hydrogen) atoms. The number of likely N-dealkylation sites (tertiary alicyclic amines) is 1. The van der Waals surface area contributed by atoms with Crippen LogP contribution in [0.3, 0.4) is 0 Å². The van der Waals surface area contributed by atoms with Crippen LogP contribution in [0.25, 0.3) is 10.9 Å². The highest BCUT2D eigenvalue weighted by molar-refractivity contribution is 5.81. The summed E-state index contributed by atoms with van der Waals surface area (Å²) in [6.07, 6.45) is 4.14. The van der Waals surface area contributed by atoms with Gasteiger partial charge in [0.05, 0.1) is 0 Å². The van der Waals surface area contributed by atoms with Gasteiger partial charge in [0.1, 0.15) is 0 Å². The molecular weight excluding hydrogens is 208 g/mol. The molecule has 1 saturated heterocycles. The van der Waals surface area contributed by atoms with Crippen molar-refractivity contribution in [3.63, 3.8) is 0 Å². The van der Waals surface area contributed by atoms with Crippen LogP contribution in [0.2, 0.25) is 0 Å². The second-order valence-electron chi connectivity index (χ2n) is 5.09. The van der Waals surface area contributed by atoms with Crippen LogP contribution in [0.5, 0.6) is 0 Å². The van der Waals surface area contributed by atoms with Crippen molar-refractivity contribution in [2.45, 2.75) is 25.8 Å². The monoisotopic (exact) mass is 228 g/mol. The molecule has 0 atom stereocenters. The van der Waals surface area contributed by atoms with E-state index in [2.05, 4.69) is 46.8 Å². The normalized spacial score (nSPS) is 17.7. The SMILES string of the molecule is Cn1c(CN2CCCCC2)cc2ccccc21. The van der Waals surface area contributed by atoms with E-state index in [-0.39, 0.29) is 0 Å². The molecule has 0 aliphatic carbocycles. The van der Waals surface area contributed by atoms with Gasteiger partial charge >= 0.3 is 0 Å². The molecular formula is C15H20N2. The highest BCUT2D eigenvalue weighted by Gasteiger charge is 2.13. The summed E-state index contributed by atoms with van der Waals surface area (Å²) in [6.45, 7) is 3.63. The van der Waals surface area contributed by atoms with Crippen molar-refractivity contribution in [2.24, 2.45) is 7.05 Å². The van der Waals surface area contributed by atoms with Gasteiger partial charge in [0.2, 0.25) is 0 Å². The van der Waals surface area contributed by atoms with Crippen molar-refractivity contribution in [1.82, 2.24) is 9.47 Å². The van der Waals surface area contributed by atoms with Crippen LogP contribution in [-0.2, 0) is 13.6 Å². The number of fused-ring (bicyclic) bond motifs is 1. The summed E-state index contributed by atoms with van der Waals surface area (Å²) < 4.78 is 2.34. The third kappa shape index (κ3) is 2.09. The number of hydrogen-bond acceptors (Lipinski definition) is 1. The topological polar surface area (TPSA) is 8.17 Å². The van der Waals surface area contributed by atoms with Gasteiger partial charge in [0.25, 0.3) is 0 Å². The molecule has 1 aromatic carbocycles.